The quantitative estimate of drug-likeness (QED) is 0.635. The Bertz CT molecular complexity index is 830. The van der Waals surface area contributed by atoms with Crippen LogP contribution in [-0.4, -0.2) is 43.0 Å². The molecule has 134 valence electrons. The lowest BCUT2D eigenvalue weighted by Crippen LogP contribution is -2.47. The van der Waals surface area contributed by atoms with Gasteiger partial charge in [-0.25, -0.2) is 8.42 Å². The Morgan fingerprint density at radius 1 is 1.04 bits per heavy atom. The van der Waals surface area contributed by atoms with Crippen molar-refractivity contribution in [3.63, 3.8) is 0 Å². The number of carboxylic acid groups (broad SMARTS) is 1. The van der Waals surface area contributed by atoms with Gasteiger partial charge < -0.3 is 10.2 Å². The fourth-order valence-corrected chi connectivity index (χ4v) is 3.87. The van der Waals surface area contributed by atoms with Crippen LogP contribution in [0.15, 0.2) is 58.3 Å². The zero-order valence-corrected chi connectivity index (χ0v) is 15.3. The third-order valence-electron chi connectivity index (χ3n) is 3.62. The Kier molecular flexibility index (Phi) is 6.23. The van der Waals surface area contributed by atoms with Gasteiger partial charge in [-0.3, -0.25) is 4.79 Å². The van der Waals surface area contributed by atoms with Crippen molar-refractivity contribution in [1.82, 2.24) is 4.72 Å². The van der Waals surface area contributed by atoms with Crippen LogP contribution in [-0.2, 0) is 14.8 Å². The number of aliphatic hydroxyl groups excluding tert-OH is 1. The highest BCUT2D eigenvalue weighted by Crippen LogP contribution is 2.24. The first-order chi connectivity index (χ1) is 11.7. The van der Waals surface area contributed by atoms with E-state index in [9.17, 15) is 18.3 Å². The van der Waals surface area contributed by atoms with E-state index >= 15 is 0 Å². The SMILES string of the molecule is CSc1ccc(-c2ccc(S(=O)(=O)NC(C(=O)O)C(C)O)cc2)cc1. The monoisotopic (exact) mass is 381 g/mol. The van der Waals surface area contributed by atoms with Crippen molar-refractivity contribution in [1.29, 1.82) is 0 Å². The maximum Gasteiger partial charge on any atom is 0.324 e. The van der Waals surface area contributed by atoms with Crippen LogP contribution in [0.3, 0.4) is 0 Å². The van der Waals surface area contributed by atoms with Gasteiger partial charge in [-0.15, -0.1) is 11.8 Å². The van der Waals surface area contributed by atoms with Crippen LogP contribution in [0.25, 0.3) is 11.1 Å². The fraction of sp³-hybridized carbons (Fsp3) is 0.235. The van der Waals surface area contributed by atoms with Crippen molar-refractivity contribution >= 4 is 27.8 Å². The van der Waals surface area contributed by atoms with Crippen LogP contribution in [0, 0.1) is 0 Å². The van der Waals surface area contributed by atoms with Crippen LogP contribution < -0.4 is 4.72 Å². The summed E-state index contributed by atoms with van der Waals surface area (Å²) in [6, 6.07) is 12.4. The topological polar surface area (TPSA) is 104 Å². The van der Waals surface area contributed by atoms with E-state index in [2.05, 4.69) is 0 Å². The van der Waals surface area contributed by atoms with Crippen LogP contribution in [0.4, 0.5) is 0 Å². The maximum atomic E-state index is 12.3. The molecule has 0 amide bonds. The third kappa shape index (κ3) is 4.82. The molecule has 0 spiro atoms. The number of aliphatic carboxylic acids is 1. The molecule has 2 atom stereocenters. The minimum absolute atomic E-state index is 0.0658. The molecule has 8 heteroatoms. The third-order valence-corrected chi connectivity index (χ3v) is 5.82. The van der Waals surface area contributed by atoms with E-state index in [1.165, 1.54) is 19.1 Å². The molecule has 2 aromatic rings. The van der Waals surface area contributed by atoms with Crippen molar-refractivity contribution in [2.24, 2.45) is 0 Å². The average Bonchev–Trinajstić information content (AvgIpc) is 2.59. The molecule has 0 aromatic heterocycles. The molecule has 2 rings (SSSR count). The zero-order chi connectivity index (χ0) is 18.6. The van der Waals surface area contributed by atoms with Crippen molar-refractivity contribution in [3.8, 4) is 11.1 Å². The zero-order valence-electron chi connectivity index (χ0n) is 13.7. The van der Waals surface area contributed by atoms with E-state index in [-0.39, 0.29) is 4.90 Å². The molecule has 2 aromatic carbocycles. The lowest BCUT2D eigenvalue weighted by molar-refractivity contribution is -0.141. The van der Waals surface area contributed by atoms with Gasteiger partial charge in [-0.05, 0) is 48.6 Å². The Morgan fingerprint density at radius 2 is 1.52 bits per heavy atom. The highest BCUT2D eigenvalue weighted by molar-refractivity contribution is 7.98. The van der Waals surface area contributed by atoms with Gasteiger partial charge in [0.25, 0.3) is 0 Å². The molecule has 0 aliphatic heterocycles. The number of benzene rings is 2. The first-order valence-electron chi connectivity index (χ1n) is 7.42. The van der Waals surface area contributed by atoms with E-state index in [0.717, 1.165) is 16.0 Å². The number of rotatable bonds is 7. The van der Waals surface area contributed by atoms with E-state index in [1.807, 2.05) is 35.2 Å². The number of carbonyl (C=O) groups is 1. The second-order valence-electron chi connectivity index (χ2n) is 5.43. The highest BCUT2D eigenvalue weighted by atomic mass is 32.2. The Hall–Kier alpha value is -1.87. The molecule has 25 heavy (non-hydrogen) atoms. The summed E-state index contributed by atoms with van der Waals surface area (Å²) in [4.78, 5) is 12.1. The molecule has 0 saturated heterocycles. The summed E-state index contributed by atoms with van der Waals surface area (Å²) in [6.45, 7) is 1.21. The molecule has 3 N–H and O–H groups in total. The molecule has 0 saturated carbocycles. The Morgan fingerprint density at radius 3 is 1.92 bits per heavy atom. The van der Waals surface area contributed by atoms with Gasteiger partial charge >= 0.3 is 5.97 Å². The van der Waals surface area contributed by atoms with Gasteiger partial charge in [0.2, 0.25) is 10.0 Å². The molecule has 0 aliphatic carbocycles. The van der Waals surface area contributed by atoms with Crippen LogP contribution in [0.5, 0.6) is 0 Å². The number of hydrogen-bond donors (Lipinski definition) is 3. The summed E-state index contributed by atoms with van der Waals surface area (Å²) in [7, 11) is -4.05. The maximum absolute atomic E-state index is 12.3. The predicted octanol–water partition coefficient (Wildman–Crippen LogP) is 2.19. The van der Waals surface area contributed by atoms with Crippen LogP contribution in [0.1, 0.15) is 6.92 Å². The largest absolute Gasteiger partial charge is 0.480 e. The van der Waals surface area contributed by atoms with Crippen LogP contribution in [0.2, 0.25) is 0 Å². The molecule has 0 bridgehead atoms. The number of thioether (sulfide) groups is 1. The Balaban J connectivity index is 2.24. The Labute approximate surface area is 150 Å². The first kappa shape index (κ1) is 19.5. The molecule has 2 unspecified atom stereocenters. The predicted molar refractivity (Wildman–Crippen MR) is 97.1 cm³/mol. The van der Waals surface area contributed by atoms with Gasteiger partial charge in [0.05, 0.1) is 11.0 Å². The van der Waals surface area contributed by atoms with Crippen molar-refractivity contribution in [3.05, 3.63) is 48.5 Å². The molecule has 6 nitrogen and oxygen atoms in total. The lowest BCUT2D eigenvalue weighted by Gasteiger charge is -2.17. The average molecular weight is 381 g/mol. The minimum atomic E-state index is -4.05. The number of aliphatic hydroxyl groups is 1. The molecule has 0 fully saturated rings. The van der Waals surface area contributed by atoms with Gasteiger partial charge in [-0.1, -0.05) is 24.3 Å². The number of sulfonamides is 1. The van der Waals surface area contributed by atoms with Gasteiger partial charge in [0.1, 0.15) is 6.04 Å². The highest BCUT2D eigenvalue weighted by Gasteiger charge is 2.29. The van der Waals surface area contributed by atoms with Gasteiger partial charge in [-0.2, -0.15) is 4.72 Å². The molecule has 0 aliphatic rings. The number of hydrogen-bond acceptors (Lipinski definition) is 5. The molecule has 0 radical (unpaired) electrons. The fourth-order valence-electron chi connectivity index (χ4n) is 2.20. The smallest absolute Gasteiger partial charge is 0.324 e. The normalized spacial score (nSPS) is 14.0. The summed E-state index contributed by atoms with van der Waals surface area (Å²) in [5.41, 5.74) is 1.79. The summed E-state index contributed by atoms with van der Waals surface area (Å²) in [5, 5.41) is 18.4. The van der Waals surface area contributed by atoms with Crippen LogP contribution >= 0.6 is 11.8 Å². The molecular weight excluding hydrogens is 362 g/mol. The van der Waals surface area contributed by atoms with Crippen molar-refractivity contribution in [2.45, 2.75) is 28.9 Å². The van der Waals surface area contributed by atoms with Gasteiger partial charge in [0.15, 0.2) is 0 Å². The standard InChI is InChI=1S/C17H19NO5S2/c1-11(19)16(17(20)21)18-25(22,23)15-9-5-13(6-10-15)12-3-7-14(24-2)8-4-12/h3-11,16,18-19H,1-2H3,(H,20,21). The summed E-state index contributed by atoms with van der Waals surface area (Å²) in [5.74, 6) is -1.44. The van der Waals surface area contributed by atoms with Gasteiger partial charge in [0, 0.05) is 4.90 Å². The summed E-state index contributed by atoms with van der Waals surface area (Å²) < 4.78 is 26.6. The number of carboxylic acids is 1. The summed E-state index contributed by atoms with van der Waals surface area (Å²) in [6.07, 6.45) is 0.626. The van der Waals surface area contributed by atoms with Crippen molar-refractivity contribution in [2.75, 3.05) is 6.26 Å². The summed E-state index contributed by atoms with van der Waals surface area (Å²) >= 11 is 1.63. The number of nitrogens with one attached hydrogen (secondary N) is 1. The molecular formula is C17H19NO5S2. The second-order valence-corrected chi connectivity index (χ2v) is 8.02. The van der Waals surface area contributed by atoms with E-state index in [4.69, 9.17) is 5.11 Å². The molecule has 0 heterocycles. The van der Waals surface area contributed by atoms with E-state index < -0.39 is 28.1 Å². The second kappa shape index (κ2) is 8.01. The lowest BCUT2D eigenvalue weighted by atomic mass is 10.1. The minimum Gasteiger partial charge on any atom is -0.480 e. The van der Waals surface area contributed by atoms with Crippen molar-refractivity contribution < 1.29 is 23.4 Å². The first-order valence-corrected chi connectivity index (χ1v) is 10.1. The van der Waals surface area contributed by atoms with E-state index in [0.29, 0.717) is 0 Å². The van der Waals surface area contributed by atoms with E-state index in [1.54, 1.807) is 23.9 Å².